The number of aromatic nitrogens is 2. The molecule has 0 atom stereocenters. The molecule has 0 saturated carbocycles. The lowest BCUT2D eigenvalue weighted by molar-refractivity contribution is 0.411. The first-order chi connectivity index (χ1) is 9.63. The third-order valence-corrected chi connectivity index (χ3v) is 4.08. The van der Waals surface area contributed by atoms with Gasteiger partial charge >= 0.3 is 0 Å². The van der Waals surface area contributed by atoms with Crippen LogP contribution in [0, 0.1) is 0 Å². The van der Waals surface area contributed by atoms with Crippen LogP contribution in [-0.2, 0) is 16.6 Å². The number of hydrogen-bond acceptors (Lipinski definition) is 6. The molecule has 2 aromatic rings. The van der Waals surface area contributed by atoms with E-state index < -0.39 is 10.0 Å². The average molecular weight is 296 g/mol. The Labute approximate surface area is 117 Å². The van der Waals surface area contributed by atoms with Crippen LogP contribution in [0.15, 0.2) is 40.1 Å². The third kappa shape index (κ3) is 3.55. The summed E-state index contributed by atoms with van der Waals surface area (Å²) in [6.45, 7) is 2.60. The summed E-state index contributed by atoms with van der Waals surface area (Å²) in [6, 6.07) is 6.69. The van der Waals surface area contributed by atoms with Crippen LogP contribution in [0.2, 0.25) is 0 Å². The van der Waals surface area contributed by atoms with Crippen LogP contribution in [0.5, 0.6) is 0 Å². The monoisotopic (exact) mass is 296 g/mol. The van der Waals surface area contributed by atoms with Gasteiger partial charge in [-0.3, -0.25) is 0 Å². The minimum atomic E-state index is -3.52. The zero-order chi connectivity index (χ0) is 14.4. The van der Waals surface area contributed by atoms with Gasteiger partial charge in [-0.1, -0.05) is 24.2 Å². The fraction of sp³-hybridized carbons (Fsp3) is 0.333. The molecule has 2 N–H and O–H groups in total. The Hall–Kier alpha value is -1.93. The average Bonchev–Trinajstić information content (AvgIpc) is 2.96. The van der Waals surface area contributed by atoms with Crippen LogP contribution < -0.4 is 10.0 Å². The molecule has 1 aromatic carbocycles. The van der Waals surface area contributed by atoms with Crippen LogP contribution in [0.1, 0.15) is 19.2 Å². The van der Waals surface area contributed by atoms with E-state index in [2.05, 4.69) is 24.7 Å². The number of para-hydroxylation sites is 1. The standard InChI is InChI=1S/C12H16N4O3S/c1-2-7-15-20(17,18)11-6-4-3-5-10(11)13-8-12-14-9-19-16-12/h3-6,9,13,15H,2,7-8H2,1H3. The lowest BCUT2D eigenvalue weighted by atomic mass is 10.3. The van der Waals surface area contributed by atoms with Gasteiger partial charge in [-0.15, -0.1) is 0 Å². The summed E-state index contributed by atoms with van der Waals surface area (Å²) < 4.78 is 31.5. The van der Waals surface area contributed by atoms with Crippen molar-refractivity contribution < 1.29 is 12.9 Å². The van der Waals surface area contributed by atoms with Crippen LogP contribution in [0.3, 0.4) is 0 Å². The van der Waals surface area contributed by atoms with Gasteiger partial charge in [0.25, 0.3) is 0 Å². The fourth-order valence-corrected chi connectivity index (χ4v) is 2.92. The van der Waals surface area contributed by atoms with E-state index in [1.165, 1.54) is 6.39 Å². The van der Waals surface area contributed by atoms with E-state index >= 15 is 0 Å². The van der Waals surface area contributed by atoms with E-state index in [1.54, 1.807) is 24.3 Å². The van der Waals surface area contributed by atoms with Crippen molar-refractivity contribution in [3.8, 4) is 0 Å². The van der Waals surface area contributed by atoms with Crippen molar-refractivity contribution in [1.82, 2.24) is 14.9 Å². The maximum absolute atomic E-state index is 12.2. The second-order valence-corrected chi connectivity index (χ2v) is 5.83. The molecular weight excluding hydrogens is 280 g/mol. The smallest absolute Gasteiger partial charge is 0.242 e. The molecule has 0 spiro atoms. The number of hydrogen-bond donors (Lipinski definition) is 2. The minimum Gasteiger partial charge on any atom is -0.377 e. The predicted molar refractivity (Wildman–Crippen MR) is 73.5 cm³/mol. The third-order valence-electron chi connectivity index (χ3n) is 2.56. The molecule has 8 heteroatoms. The molecule has 0 fully saturated rings. The first kappa shape index (κ1) is 14.5. The largest absolute Gasteiger partial charge is 0.377 e. The summed E-state index contributed by atoms with van der Waals surface area (Å²) in [4.78, 5) is 4.07. The number of nitrogens with zero attached hydrogens (tertiary/aromatic N) is 2. The molecular formula is C12H16N4O3S. The van der Waals surface area contributed by atoms with Crippen molar-refractivity contribution >= 4 is 15.7 Å². The molecule has 7 nitrogen and oxygen atoms in total. The van der Waals surface area contributed by atoms with Gasteiger partial charge in [-0.05, 0) is 18.6 Å². The molecule has 20 heavy (non-hydrogen) atoms. The molecule has 1 aromatic heterocycles. The number of rotatable bonds is 7. The summed E-state index contributed by atoms with van der Waals surface area (Å²) >= 11 is 0. The molecule has 0 aliphatic carbocycles. The highest BCUT2D eigenvalue weighted by Crippen LogP contribution is 2.20. The number of nitrogens with one attached hydrogen (secondary N) is 2. The molecule has 0 bridgehead atoms. The van der Waals surface area contributed by atoms with E-state index in [0.29, 0.717) is 18.1 Å². The molecule has 0 saturated heterocycles. The Morgan fingerprint density at radius 1 is 1.30 bits per heavy atom. The molecule has 0 aliphatic heterocycles. The van der Waals surface area contributed by atoms with Crippen LogP contribution >= 0.6 is 0 Å². The van der Waals surface area contributed by atoms with Crippen molar-refractivity contribution in [2.24, 2.45) is 0 Å². The van der Waals surface area contributed by atoms with Gasteiger partial charge in [0, 0.05) is 6.54 Å². The highest BCUT2D eigenvalue weighted by Gasteiger charge is 2.17. The van der Waals surface area contributed by atoms with Crippen molar-refractivity contribution in [2.75, 3.05) is 11.9 Å². The van der Waals surface area contributed by atoms with Crippen LogP contribution in [0.4, 0.5) is 5.69 Å². The first-order valence-corrected chi connectivity index (χ1v) is 7.69. The quantitative estimate of drug-likeness (QED) is 0.801. The van der Waals surface area contributed by atoms with Crippen LogP contribution in [0.25, 0.3) is 0 Å². The maximum Gasteiger partial charge on any atom is 0.242 e. The maximum atomic E-state index is 12.2. The van der Waals surface area contributed by atoms with Gasteiger partial charge in [0.05, 0.1) is 12.2 Å². The van der Waals surface area contributed by atoms with Gasteiger partial charge in [0.1, 0.15) is 4.90 Å². The summed E-state index contributed by atoms with van der Waals surface area (Å²) in [5, 5.41) is 6.65. The summed E-state index contributed by atoms with van der Waals surface area (Å²) in [6.07, 6.45) is 1.96. The van der Waals surface area contributed by atoms with Gasteiger partial charge in [0.2, 0.25) is 16.4 Å². The SMILES string of the molecule is CCCNS(=O)(=O)c1ccccc1NCc1ncon1. The highest BCUT2D eigenvalue weighted by atomic mass is 32.2. The topological polar surface area (TPSA) is 97.1 Å². The Morgan fingerprint density at radius 3 is 2.80 bits per heavy atom. The molecule has 0 aliphatic rings. The van der Waals surface area contributed by atoms with Crippen molar-refractivity contribution in [3.63, 3.8) is 0 Å². The van der Waals surface area contributed by atoms with Crippen molar-refractivity contribution in [1.29, 1.82) is 0 Å². The van der Waals surface area contributed by atoms with Gasteiger partial charge < -0.3 is 9.84 Å². The summed E-state index contributed by atoms with van der Waals surface area (Å²) in [5.74, 6) is 0.457. The second kappa shape index (κ2) is 6.49. The Bertz CT molecular complexity index is 640. The predicted octanol–water partition coefficient (Wildman–Crippen LogP) is 1.37. The van der Waals surface area contributed by atoms with Crippen molar-refractivity contribution in [3.05, 3.63) is 36.5 Å². The zero-order valence-electron chi connectivity index (χ0n) is 11.0. The molecule has 0 radical (unpaired) electrons. The lowest BCUT2D eigenvalue weighted by Gasteiger charge is -2.11. The van der Waals surface area contributed by atoms with Gasteiger partial charge in [-0.2, -0.15) is 4.98 Å². The summed E-state index contributed by atoms with van der Waals surface area (Å²) in [5.41, 5.74) is 0.501. The second-order valence-electron chi connectivity index (χ2n) is 4.09. The minimum absolute atomic E-state index is 0.206. The molecule has 1 heterocycles. The molecule has 108 valence electrons. The molecule has 0 unspecified atom stereocenters. The lowest BCUT2D eigenvalue weighted by Crippen LogP contribution is -2.25. The number of anilines is 1. The Morgan fingerprint density at radius 2 is 2.10 bits per heavy atom. The van der Waals surface area contributed by atoms with E-state index in [1.807, 2.05) is 6.92 Å². The van der Waals surface area contributed by atoms with Crippen LogP contribution in [-0.4, -0.2) is 25.1 Å². The van der Waals surface area contributed by atoms with Gasteiger partial charge in [0.15, 0.2) is 5.82 Å². The molecule has 0 amide bonds. The highest BCUT2D eigenvalue weighted by molar-refractivity contribution is 7.89. The normalized spacial score (nSPS) is 11.4. The van der Waals surface area contributed by atoms with E-state index in [9.17, 15) is 8.42 Å². The van der Waals surface area contributed by atoms with E-state index in [0.717, 1.165) is 6.42 Å². The Kier molecular flexibility index (Phi) is 4.70. The molecule has 2 rings (SSSR count). The number of benzene rings is 1. The van der Waals surface area contributed by atoms with Crippen molar-refractivity contribution in [2.45, 2.75) is 24.8 Å². The first-order valence-electron chi connectivity index (χ1n) is 6.21. The Balaban J connectivity index is 2.17. The number of sulfonamides is 1. The van der Waals surface area contributed by atoms with E-state index in [4.69, 9.17) is 0 Å². The van der Waals surface area contributed by atoms with Gasteiger partial charge in [-0.25, -0.2) is 13.1 Å². The summed E-state index contributed by atoms with van der Waals surface area (Å²) in [7, 11) is -3.52. The fourth-order valence-electron chi connectivity index (χ4n) is 1.61. The zero-order valence-corrected chi connectivity index (χ0v) is 11.9. The van der Waals surface area contributed by atoms with E-state index in [-0.39, 0.29) is 11.4 Å².